The maximum Gasteiger partial charge on any atom is 0.338 e. The number of rotatable bonds is 12. The second-order valence-electron chi connectivity index (χ2n) is 17.7. The summed E-state index contributed by atoms with van der Waals surface area (Å²) in [5.41, 5.74) is -1.16. The lowest BCUT2D eigenvalue weighted by Gasteiger charge is -2.61. The summed E-state index contributed by atoms with van der Waals surface area (Å²) in [6, 6.07) is 5.64. The fraction of sp³-hybridized carbons (Fsp3) is 0.610. The van der Waals surface area contributed by atoms with Crippen molar-refractivity contribution in [2.75, 3.05) is 6.61 Å². The van der Waals surface area contributed by atoms with Gasteiger partial charge in [0, 0.05) is 36.6 Å². The van der Waals surface area contributed by atoms with Crippen LogP contribution in [0, 0.1) is 86.8 Å². The lowest BCUT2D eigenvalue weighted by Crippen LogP contribution is -2.54. The van der Waals surface area contributed by atoms with Crippen LogP contribution in [-0.4, -0.2) is 50.4 Å². The Kier molecular flexibility index (Phi) is 10.8. The molecule has 17 heteroatoms. The van der Waals surface area contributed by atoms with Crippen LogP contribution in [0.4, 0.5) is 22.7 Å². The van der Waals surface area contributed by atoms with Crippen molar-refractivity contribution in [3.05, 3.63) is 99.3 Å². The molecule has 1 aliphatic heterocycles. The number of hydrogen-bond donors (Lipinski definition) is 0. The van der Waals surface area contributed by atoms with Crippen LogP contribution in [0.1, 0.15) is 113 Å². The summed E-state index contributed by atoms with van der Waals surface area (Å²) in [5.74, 6) is 1.55. The van der Waals surface area contributed by atoms with E-state index in [1.54, 1.807) is 0 Å². The Hall–Kier alpha value is -5.48. The molecule has 0 aromatic heterocycles. The maximum atomic E-state index is 13.1. The SMILES string of the molecule is CC1=C(CCC(C)COC(=O)c2cc([N+](=O)[O-])cc([N+](=O)[O-])c2)OC2CC3C4CCC5CC(OC(=O)c6cc([N+](=O)[O-])cc([N+](=O)[O-])c6)CCC5(C)C4CCC3(C)C12. The molecule has 310 valence electrons. The van der Waals surface area contributed by atoms with E-state index in [-0.39, 0.29) is 46.7 Å². The van der Waals surface area contributed by atoms with Crippen LogP contribution in [-0.2, 0) is 14.2 Å². The Labute approximate surface area is 334 Å². The van der Waals surface area contributed by atoms with Crippen LogP contribution >= 0.6 is 0 Å². The van der Waals surface area contributed by atoms with E-state index in [0.29, 0.717) is 55.3 Å². The molecule has 0 bridgehead atoms. The van der Waals surface area contributed by atoms with Gasteiger partial charge in [-0.15, -0.1) is 0 Å². The molecule has 7 rings (SSSR count). The number of nitro benzene ring substituents is 4. The van der Waals surface area contributed by atoms with Crippen molar-refractivity contribution in [1.29, 1.82) is 0 Å². The van der Waals surface area contributed by atoms with E-state index in [2.05, 4.69) is 20.8 Å². The zero-order chi connectivity index (χ0) is 41.8. The van der Waals surface area contributed by atoms with Gasteiger partial charge >= 0.3 is 11.9 Å². The van der Waals surface area contributed by atoms with Crippen LogP contribution < -0.4 is 0 Å². The van der Waals surface area contributed by atoms with Crippen LogP contribution in [0.15, 0.2) is 47.7 Å². The van der Waals surface area contributed by atoms with Gasteiger partial charge < -0.3 is 14.2 Å². The van der Waals surface area contributed by atoms with Gasteiger partial charge in [0.25, 0.3) is 22.7 Å². The number of benzene rings is 2. The summed E-state index contributed by atoms with van der Waals surface area (Å²) in [6.07, 6.45) is 8.61. The fourth-order valence-corrected chi connectivity index (χ4v) is 11.7. The molecule has 10 unspecified atom stereocenters. The molecule has 10 atom stereocenters. The van der Waals surface area contributed by atoms with Crippen molar-refractivity contribution in [3.8, 4) is 0 Å². The minimum absolute atomic E-state index is 0.0446. The highest BCUT2D eigenvalue weighted by Gasteiger charge is 2.64. The number of non-ortho nitro benzene ring substituents is 4. The molecule has 5 aliphatic rings. The number of carbonyl (C=O) groups is 2. The standard InChI is InChI=1S/C41H48N4O13/c1-22(21-56-38(46)24-13-27(42(48)49)18-28(14-24)43(50)51)5-8-35-23(2)37-36(58-35)20-34-32-7-6-26-17-31(9-11-40(26,3)33(32)10-12-41(34,37)4)57-39(47)25-15-29(44(52)53)19-30(16-25)45(54)55/h13-16,18-19,22,26,31-34,36-37H,5-12,17,20-21H2,1-4H3. The van der Waals surface area contributed by atoms with Gasteiger partial charge in [0.05, 0.1) is 55.3 Å². The van der Waals surface area contributed by atoms with Gasteiger partial charge in [0.2, 0.25) is 0 Å². The molecular weight excluding hydrogens is 756 g/mol. The molecule has 58 heavy (non-hydrogen) atoms. The van der Waals surface area contributed by atoms with Crippen LogP contribution in [0.5, 0.6) is 0 Å². The van der Waals surface area contributed by atoms with Crippen molar-refractivity contribution in [2.24, 2.45) is 46.3 Å². The molecule has 17 nitrogen and oxygen atoms in total. The largest absolute Gasteiger partial charge is 0.494 e. The second-order valence-corrected chi connectivity index (χ2v) is 17.7. The Morgan fingerprint density at radius 2 is 1.31 bits per heavy atom. The molecule has 4 saturated carbocycles. The number of nitro groups is 4. The van der Waals surface area contributed by atoms with Gasteiger partial charge in [-0.25, -0.2) is 9.59 Å². The highest BCUT2D eigenvalue weighted by molar-refractivity contribution is 5.91. The zero-order valence-electron chi connectivity index (χ0n) is 33.0. The monoisotopic (exact) mass is 804 g/mol. The summed E-state index contributed by atoms with van der Waals surface area (Å²) in [4.78, 5) is 68.0. The smallest absolute Gasteiger partial charge is 0.338 e. The predicted molar refractivity (Wildman–Crippen MR) is 206 cm³/mol. The number of fused-ring (bicyclic) bond motifs is 7. The normalized spacial score (nSPS) is 31.4. The van der Waals surface area contributed by atoms with E-state index < -0.39 is 54.4 Å². The molecule has 2 aromatic carbocycles. The summed E-state index contributed by atoms with van der Waals surface area (Å²) in [5, 5.41) is 45.2. The summed E-state index contributed by atoms with van der Waals surface area (Å²) >= 11 is 0. The molecule has 2 aromatic rings. The van der Waals surface area contributed by atoms with Crippen LogP contribution in [0.25, 0.3) is 0 Å². The highest BCUT2D eigenvalue weighted by Crippen LogP contribution is 2.70. The molecule has 4 fully saturated rings. The average Bonchev–Trinajstić information content (AvgIpc) is 3.67. The summed E-state index contributed by atoms with van der Waals surface area (Å²) in [7, 11) is 0. The van der Waals surface area contributed by atoms with E-state index >= 15 is 0 Å². The lowest BCUT2D eigenvalue weighted by molar-refractivity contribution is -0.394. The predicted octanol–water partition coefficient (Wildman–Crippen LogP) is 9.06. The first kappa shape index (κ1) is 40.7. The third-order valence-corrected chi connectivity index (χ3v) is 14.6. The molecule has 0 saturated heterocycles. The minimum atomic E-state index is -0.858. The van der Waals surface area contributed by atoms with E-state index in [1.807, 2.05) is 6.92 Å². The van der Waals surface area contributed by atoms with E-state index in [1.165, 1.54) is 5.57 Å². The number of nitrogens with zero attached hydrogens (tertiary/aromatic N) is 4. The molecule has 4 aliphatic carbocycles. The molecule has 0 N–H and O–H groups in total. The third-order valence-electron chi connectivity index (χ3n) is 14.6. The molecule has 1 heterocycles. The molecular formula is C41H48N4O13. The third kappa shape index (κ3) is 7.39. The Morgan fingerprint density at radius 1 is 0.759 bits per heavy atom. The summed E-state index contributed by atoms with van der Waals surface area (Å²) < 4.78 is 18.0. The lowest BCUT2D eigenvalue weighted by atomic mass is 9.44. The topological polar surface area (TPSA) is 234 Å². The quantitative estimate of drug-likeness (QED) is 0.111. The Bertz CT molecular complexity index is 2040. The number of esters is 2. The van der Waals surface area contributed by atoms with E-state index in [4.69, 9.17) is 14.2 Å². The minimum Gasteiger partial charge on any atom is -0.494 e. The van der Waals surface area contributed by atoms with Crippen molar-refractivity contribution in [3.63, 3.8) is 0 Å². The van der Waals surface area contributed by atoms with Gasteiger partial charge in [0.1, 0.15) is 12.2 Å². The fourth-order valence-electron chi connectivity index (χ4n) is 11.7. The van der Waals surface area contributed by atoms with Crippen molar-refractivity contribution in [1.82, 2.24) is 0 Å². The van der Waals surface area contributed by atoms with Gasteiger partial charge in [-0.05, 0) is 111 Å². The van der Waals surface area contributed by atoms with Gasteiger partial charge in [-0.2, -0.15) is 0 Å². The second kappa shape index (κ2) is 15.4. The van der Waals surface area contributed by atoms with Gasteiger partial charge in [0.15, 0.2) is 0 Å². The maximum absolute atomic E-state index is 13.1. The van der Waals surface area contributed by atoms with E-state index in [9.17, 15) is 50.0 Å². The van der Waals surface area contributed by atoms with E-state index in [0.717, 1.165) is 80.7 Å². The Balaban J connectivity index is 0.945. The highest BCUT2D eigenvalue weighted by atomic mass is 16.6. The first-order valence-corrected chi connectivity index (χ1v) is 20.0. The number of hydrogen-bond acceptors (Lipinski definition) is 13. The van der Waals surface area contributed by atoms with Crippen molar-refractivity contribution >= 4 is 34.7 Å². The number of ether oxygens (including phenoxy) is 3. The van der Waals surface area contributed by atoms with Gasteiger partial charge in [-0.1, -0.05) is 20.8 Å². The first-order chi connectivity index (χ1) is 27.4. The number of carbonyl (C=O) groups excluding carboxylic acids is 2. The van der Waals surface area contributed by atoms with Crippen molar-refractivity contribution < 1.29 is 43.5 Å². The van der Waals surface area contributed by atoms with Crippen molar-refractivity contribution in [2.45, 2.75) is 104 Å². The van der Waals surface area contributed by atoms with Crippen LogP contribution in [0.3, 0.4) is 0 Å². The molecule has 0 amide bonds. The Morgan fingerprint density at radius 3 is 1.88 bits per heavy atom. The molecule has 0 spiro atoms. The first-order valence-electron chi connectivity index (χ1n) is 20.0. The summed E-state index contributed by atoms with van der Waals surface area (Å²) in [6.45, 7) is 9.01. The van der Waals surface area contributed by atoms with Crippen LogP contribution in [0.2, 0.25) is 0 Å². The van der Waals surface area contributed by atoms with Gasteiger partial charge in [-0.3, -0.25) is 40.5 Å². The number of allylic oxidation sites excluding steroid dienone is 1. The molecule has 0 radical (unpaired) electrons. The average molecular weight is 805 g/mol. The zero-order valence-corrected chi connectivity index (χ0v) is 33.0.